The van der Waals surface area contributed by atoms with Crippen LogP contribution in [0.25, 0.3) is 11.1 Å². The van der Waals surface area contributed by atoms with Gasteiger partial charge in [-0.3, -0.25) is 0 Å². The zero-order valence-electron chi connectivity index (χ0n) is 8.22. The lowest BCUT2D eigenvalue weighted by Gasteiger charge is -2.02. The number of aromatic carboxylic acids is 1. The molecule has 3 nitrogen and oxygen atoms in total. The first-order valence-corrected chi connectivity index (χ1v) is 5.41. The monoisotopic (exact) mass is 277 g/mol. The average molecular weight is 278 g/mol. The molecule has 4 heteroatoms. The Morgan fingerprint density at radius 3 is 2.44 bits per heavy atom. The molecule has 0 unspecified atom stereocenters. The Bertz CT molecular complexity index is 523. The first kappa shape index (κ1) is 10.8. The van der Waals surface area contributed by atoms with Crippen molar-refractivity contribution in [2.24, 2.45) is 0 Å². The lowest BCUT2D eigenvalue weighted by molar-refractivity contribution is 0.0690. The van der Waals surface area contributed by atoms with E-state index in [2.05, 4.69) is 20.9 Å². The van der Waals surface area contributed by atoms with Crippen molar-refractivity contribution >= 4 is 21.9 Å². The van der Waals surface area contributed by atoms with Crippen molar-refractivity contribution in [3.05, 3.63) is 52.8 Å². The van der Waals surface area contributed by atoms with Gasteiger partial charge in [-0.2, -0.15) is 0 Å². The second-order valence-corrected chi connectivity index (χ2v) is 4.16. The van der Waals surface area contributed by atoms with Crippen LogP contribution >= 0.6 is 15.9 Å². The van der Waals surface area contributed by atoms with E-state index in [1.54, 1.807) is 12.1 Å². The maximum Gasteiger partial charge on any atom is 0.354 e. The van der Waals surface area contributed by atoms with Gasteiger partial charge in [-0.15, -0.1) is 0 Å². The van der Waals surface area contributed by atoms with E-state index >= 15 is 0 Å². The highest BCUT2D eigenvalue weighted by atomic mass is 79.9. The molecule has 1 aromatic heterocycles. The van der Waals surface area contributed by atoms with Crippen LogP contribution in [0.1, 0.15) is 10.5 Å². The Hall–Kier alpha value is -1.68. The van der Waals surface area contributed by atoms with Gasteiger partial charge in [0, 0.05) is 10.7 Å². The lowest BCUT2D eigenvalue weighted by Crippen LogP contribution is -1.99. The average Bonchev–Trinajstić information content (AvgIpc) is 2.30. The predicted octanol–water partition coefficient (Wildman–Crippen LogP) is 3.21. The van der Waals surface area contributed by atoms with E-state index in [1.807, 2.05) is 24.3 Å². The van der Waals surface area contributed by atoms with Crippen molar-refractivity contribution in [3.8, 4) is 11.1 Å². The molecule has 2 rings (SSSR count). The maximum absolute atomic E-state index is 10.8. The Kier molecular flexibility index (Phi) is 3.01. The summed E-state index contributed by atoms with van der Waals surface area (Å²) in [5.41, 5.74) is 1.87. The zero-order valence-corrected chi connectivity index (χ0v) is 9.81. The second-order valence-electron chi connectivity index (χ2n) is 3.24. The number of carbonyl (C=O) groups is 1. The van der Waals surface area contributed by atoms with Crippen molar-refractivity contribution in [1.82, 2.24) is 4.98 Å². The number of carboxylic acid groups (broad SMARTS) is 1. The van der Waals surface area contributed by atoms with Gasteiger partial charge in [0.1, 0.15) is 5.69 Å². The van der Waals surface area contributed by atoms with E-state index in [0.717, 1.165) is 15.6 Å². The highest BCUT2D eigenvalue weighted by Gasteiger charge is 2.05. The second kappa shape index (κ2) is 4.45. The summed E-state index contributed by atoms with van der Waals surface area (Å²) in [6.07, 6.45) is 1.50. The fourth-order valence-corrected chi connectivity index (χ4v) is 1.63. The molecule has 80 valence electrons. The van der Waals surface area contributed by atoms with Gasteiger partial charge < -0.3 is 5.11 Å². The van der Waals surface area contributed by atoms with Crippen molar-refractivity contribution in [2.75, 3.05) is 0 Å². The van der Waals surface area contributed by atoms with Crippen molar-refractivity contribution in [1.29, 1.82) is 0 Å². The van der Waals surface area contributed by atoms with Crippen molar-refractivity contribution < 1.29 is 9.90 Å². The molecule has 0 atom stereocenters. The number of hydrogen-bond acceptors (Lipinski definition) is 2. The van der Waals surface area contributed by atoms with Crippen LogP contribution in [-0.4, -0.2) is 16.1 Å². The summed E-state index contributed by atoms with van der Waals surface area (Å²) in [6, 6.07) is 11.0. The Balaban J connectivity index is 2.44. The highest BCUT2D eigenvalue weighted by molar-refractivity contribution is 9.10. The number of halogens is 1. The van der Waals surface area contributed by atoms with Gasteiger partial charge in [0.15, 0.2) is 0 Å². The summed E-state index contributed by atoms with van der Waals surface area (Å²) in [6.45, 7) is 0. The number of pyridine rings is 1. The van der Waals surface area contributed by atoms with E-state index in [-0.39, 0.29) is 5.69 Å². The molecule has 0 aliphatic rings. The van der Waals surface area contributed by atoms with Crippen LogP contribution in [0.5, 0.6) is 0 Å². The van der Waals surface area contributed by atoms with Crippen LogP contribution < -0.4 is 0 Å². The molecule has 1 N–H and O–H groups in total. The highest BCUT2D eigenvalue weighted by Crippen LogP contribution is 2.21. The van der Waals surface area contributed by atoms with E-state index in [1.165, 1.54) is 6.20 Å². The molecule has 1 heterocycles. The molecule has 0 saturated heterocycles. The number of carboxylic acids is 1. The van der Waals surface area contributed by atoms with Crippen LogP contribution in [0, 0.1) is 0 Å². The Morgan fingerprint density at radius 1 is 1.12 bits per heavy atom. The number of rotatable bonds is 2. The normalized spacial score (nSPS) is 10.1. The molecular weight excluding hydrogens is 270 g/mol. The Morgan fingerprint density at radius 2 is 1.81 bits per heavy atom. The van der Waals surface area contributed by atoms with Crippen LogP contribution in [0.2, 0.25) is 0 Å². The summed E-state index contributed by atoms with van der Waals surface area (Å²) in [5.74, 6) is -1.01. The van der Waals surface area contributed by atoms with Gasteiger partial charge in [0.05, 0.1) is 0 Å². The molecule has 0 aliphatic carbocycles. The van der Waals surface area contributed by atoms with Gasteiger partial charge in [0.2, 0.25) is 0 Å². The first-order valence-electron chi connectivity index (χ1n) is 4.62. The summed E-state index contributed by atoms with van der Waals surface area (Å²) in [7, 11) is 0. The number of benzene rings is 1. The largest absolute Gasteiger partial charge is 0.477 e. The third-order valence-electron chi connectivity index (χ3n) is 2.16. The summed E-state index contributed by atoms with van der Waals surface area (Å²) in [5, 5.41) is 8.83. The Labute approximate surface area is 101 Å². The molecule has 0 saturated carbocycles. The molecule has 0 amide bonds. The molecule has 0 radical (unpaired) electrons. The van der Waals surface area contributed by atoms with E-state index < -0.39 is 5.97 Å². The predicted molar refractivity (Wildman–Crippen MR) is 64.3 cm³/mol. The molecule has 0 bridgehead atoms. The topological polar surface area (TPSA) is 50.2 Å². The third-order valence-corrected chi connectivity index (χ3v) is 2.69. The fraction of sp³-hybridized carbons (Fsp3) is 0. The number of nitrogens with zero attached hydrogens (tertiary/aromatic N) is 1. The van der Waals surface area contributed by atoms with E-state index in [4.69, 9.17) is 5.11 Å². The van der Waals surface area contributed by atoms with E-state index in [9.17, 15) is 4.79 Å². The lowest BCUT2D eigenvalue weighted by atomic mass is 10.1. The summed E-state index contributed by atoms with van der Waals surface area (Å²) < 4.78 is 0.990. The SMILES string of the molecule is O=C(O)c1cc(-c2ccc(Br)cc2)ccn1. The smallest absolute Gasteiger partial charge is 0.354 e. The minimum absolute atomic E-state index is 0.0559. The summed E-state index contributed by atoms with van der Waals surface area (Å²) >= 11 is 3.35. The van der Waals surface area contributed by atoms with Crippen LogP contribution in [-0.2, 0) is 0 Å². The van der Waals surface area contributed by atoms with Crippen molar-refractivity contribution in [3.63, 3.8) is 0 Å². The molecular formula is C12H8BrNO2. The van der Waals surface area contributed by atoms with Crippen LogP contribution in [0.15, 0.2) is 47.1 Å². The van der Waals surface area contributed by atoms with Gasteiger partial charge in [-0.05, 0) is 35.4 Å². The molecule has 0 spiro atoms. The maximum atomic E-state index is 10.8. The zero-order chi connectivity index (χ0) is 11.5. The molecule has 1 aromatic carbocycles. The number of hydrogen-bond donors (Lipinski definition) is 1. The third kappa shape index (κ3) is 2.28. The molecule has 16 heavy (non-hydrogen) atoms. The summed E-state index contributed by atoms with van der Waals surface area (Å²) in [4.78, 5) is 14.5. The molecule has 2 aromatic rings. The van der Waals surface area contributed by atoms with Crippen LogP contribution in [0.3, 0.4) is 0 Å². The van der Waals surface area contributed by atoms with Crippen LogP contribution in [0.4, 0.5) is 0 Å². The van der Waals surface area contributed by atoms with Gasteiger partial charge in [-0.1, -0.05) is 28.1 Å². The first-order chi connectivity index (χ1) is 7.66. The van der Waals surface area contributed by atoms with Gasteiger partial charge >= 0.3 is 5.97 Å². The van der Waals surface area contributed by atoms with Crippen molar-refractivity contribution in [2.45, 2.75) is 0 Å². The minimum Gasteiger partial charge on any atom is -0.477 e. The van der Waals surface area contributed by atoms with Gasteiger partial charge in [0.25, 0.3) is 0 Å². The minimum atomic E-state index is -1.01. The quantitative estimate of drug-likeness (QED) is 0.917. The van der Waals surface area contributed by atoms with Gasteiger partial charge in [-0.25, -0.2) is 9.78 Å². The standard InChI is InChI=1S/C12H8BrNO2/c13-10-3-1-8(2-4-10)9-5-6-14-11(7-9)12(15)16/h1-7H,(H,15,16). The molecule has 0 fully saturated rings. The fourth-order valence-electron chi connectivity index (χ4n) is 1.37. The number of aromatic nitrogens is 1. The van der Waals surface area contributed by atoms with E-state index in [0.29, 0.717) is 0 Å². The molecule has 0 aliphatic heterocycles.